The normalized spacial score (nSPS) is 25.1. The maximum absolute atomic E-state index is 3.73. The van der Waals surface area contributed by atoms with Crippen LogP contribution in [-0.2, 0) is 0 Å². The van der Waals surface area contributed by atoms with Crippen LogP contribution in [0.2, 0.25) is 0 Å². The van der Waals surface area contributed by atoms with E-state index in [2.05, 4.69) is 19.2 Å². The lowest BCUT2D eigenvalue weighted by Gasteiger charge is -2.28. The first-order valence-corrected chi connectivity index (χ1v) is 7.58. The molecule has 96 valence electrons. The molecule has 0 aromatic rings. The van der Waals surface area contributed by atoms with E-state index in [-0.39, 0.29) is 0 Å². The zero-order valence-corrected chi connectivity index (χ0v) is 11.5. The highest BCUT2D eigenvalue weighted by atomic mass is 15.0. The molecular weight excluding hydrogens is 194 g/mol. The maximum atomic E-state index is 3.73. The van der Waals surface area contributed by atoms with E-state index < -0.39 is 0 Å². The Hall–Kier alpha value is -0.0400. The molecule has 1 nitrogen and oxygen atoms in total. The highest BCUT2D eigenvalue weighted by molar-refractivity contribution is 4.91. The molecule has 0 bridgehead atoms. The van der Waals surface area contributed by atoms with Gasteiger partial charge in [-0.25, -0.2) is 0 Å². The summed E-state index contributed by atoms with van der Waals surface area (Å²) in [6.07, 6.45) is 15.6. The summed E-state index contributed by atoms with van der Waals surface area (Å²) in [6, 6.07) is 0. The standard InChI is InChI=1S/C15H31N/c1-3-5-6-7-8-9-10-12-15(4-2)13-11-14-16-15/h16H,3-14H2,1-2H3. The number of hydrogen-bond acceptors (Lipinski definition) is 1. The van der Waals surface area contributed by atoms with Crippen LogP contribution < -0.4 is 5.32 Å². The van der Waals surface area contributed by atoms with Gasteiger partial charge >= 0.3 is 0 Å². The molecule has 1 rings (SSSR count). The first-order valence-electron chi connectivity index (χ1n) is 7.58. The van der Waals surface area contributed by atoms with Gasteiger partial charge in [-0.2, -0.15) is 0 Å². The van der Waals surface area contributed by atoms with Gasteiger partial charge in [0, 0.05) is 5.54 Å². The lowest BCUT2D eigenvalue weighted by molar-refractivity contribution is 0.322. The summed E-state index contributed by atoms with van der Waals surface area (Å²) in [7, 11) is 0. The van der Waals surface area contributed by atoms with E-state index in [1.165, 1.54) is 77.2 Å². The second kappa shape index (κ2) is 8.11. The predicted molar refractivity (Wildman–Crippen MR) is 72.9 cm³/mol. The van der Waals surface area contributed by atoms with Crippen LogP contribution in [0, 0.1) is 0 Å². The molecule has 0 radical (unpaired) electrons. The number of rotatable bonds is 9. The van der Waals surface area contributed by atoms with Crippen LogP contribution in [0.25, 0.3) is 0 Å². The van der Waals surface area contributed by atoms with Crippen LogP contribution >= 0.6 is 0 Å². The quantitative estimate of drug-likeness (QED) is 0.563. The minimum absolute atomic E-state index is 0.531. The van der Waals surface area contributed by atoms with Crippen molar-refractivity contribution < 1.29 is 0 Å². The Labute approximate surface area is 102 Å². The van der Waals surface area contributed by atoms with Crippen molar-refractivity contribution in [2.24, 2.45) is 0 Å². The summed E-state index contributed by atoms with van der Waals surface area (Å²) >= 11 is 0. The monoisotopic (exact) mass is 225 g/mol. The second-order valence-electron chi connectivity index (χ2n) is 5.54. The lowest BCUT2D eigenvalue weighted by atomic mass is 9.88. The van der Waals surface area contributed by atoms with Gasteiger partial charge in [0.05, 0.1) is 0 Å². The Kier molecular flexibility index (Phi) is 7.11. The largest absolute Gasteiger partial charge is 0.311 e. The Morgan fingerprint density at radius 2 is 1.62 bits per heavy atom. The van der Waals surface area contributed by atoms with Crippen LogP contribution in [-0.4, -0.2) is 12.1 Å². The molecule has 1 heterocycles. The summed E-state index contributed by atoms with van der Waals surface area (Å²) in [6.45, 7) is 5.89. The smallest absolute Gasteiger partial charge is 0.0179 e. The molecule has 0 aromatic heterocycles. The van der Waals surface area contributed by atoms with Gasteiger partial charge in [0.2, 0.25) is 0 Å². The van der Waals surface area contributed by atoms with Crippen LogP contribution in [0.3, 0.4) is 0 Å². The van der Waals surface area contributed by atoms with E-state index in [1.807, 2.05) is 0 Å². The van der Waals surface area contributed by atoms with Gasteiger partial charge < -0.3 is 5.32 Å². The molecule has 1 fully saturated rings. The molecule has 1 atom stereocenters. The van der Waals surface area contributed by atoms with Gasteiger partial charge in [0.15, 0.2) is 0 Å². The molecule has 1 aliphatic rings. The third-order valence-electron chi connectivity index (χ3n) is 4.27. The molecule has 1 aliphatic heterocycles. The second-order valence-corrected chi connectivity index (χ2v) is 5.54. The summed E-state index contributed by atoms with van der Waals surface area (Å²) in [5.41, 5.74) is 0.531. The summed E-state index contributed by atoms with van der Waals surface area (Å²) < 4.78 is 0. The van der Waals surface area contributed by atoms with Crippen molar-refractivity contribution >= 4 is 0 Å². The Balaban J connectivity index is 1.97. The third kappa shape index (κ3) is 4.86. The Morgan fingerprint density at radius 3 is 2.19 bits per heavy atom. The van der Waals surface area contributed by atoms with E-state index in [1.54, 1.807) is 0 Å². The lowest BCUT2D eigenvalue weighted by Crippen LogP contribution is -2.38. The predicted octanol–water partition coefficient (Wildman–Crippen LogP) is 4.66. The minimum Gasteiger partial charge on any atom is -0.311 e. The fraction of sp³-hybridized carbons (Fsp3) is 1.00. The van der Waals surface area contributed by atoms with Gasteiger partial charge in [0.1, 0.15) is 0 Å². The zero-order chi connectivity index (χ0) is 11.7. The van der Waals surface area contributed by atoms with Crippen LogP contribution in [0.1, 0.15) is 84.5 Å². The fourth-order valence-electron chi connectivity index (χ4n) is 2.98. The van der Waals surface area contributed by atoms with Crippen molar-refractivity contribution in [3.8, 4) is 0 Å². The van der Waals surface area contributed by atoms with Crippen molar-refractivity contribution in [2.75, 3.05) is 6.54 Å². The minimum atomic E-state index is 0.531. The molecule has 1 N–H and O–H groups in total. The zero-order valence-electron chi connectivity index (χ0n) is 11.5. The summed E-state index contributed by atoms with van der Waals surface area (Å²) in [4.78, 5) is 0. The number of nitrogens with one attached hydrogen (secondary N) is 1. The van der Waals surface area contributed by atoms with Gasteiger partial charge in [0.25, 0.3) is 0 Å². The van der Waals surface area contributed by atoms with Crippen molar-refractivity contribution in [2.45, 2.75) is 90.0 Å². The van der Waals surface area contributed by atoms with Crippen molar-refractivity contribution in [1.82, 2.24) is 5.32 Å². The molecule has 1 saturated heterocycles. The highest BCUT2D eigenvalue weighted by Crippen LogP contribution is 2.28. The molecule has 1 unspecified atom stereocenters. The SMILES string of the molecule is CCCCCCCCCC1(CC)CCCN1. The molecule has 0 aliphatic carbocycles. The van der Waals surface area contributed by atoms with Crippen LogP contribution in [0.5, 0.6) is 0 Å². The molecule has 0 spiro atoms. The van der Waals surface area contributed by atoms with Crippen molar-refractivity contribution in [1.29, 1.82) is 0 Å². The van der Waals surface area contributed by atoms with E-state index >= 15 is 0 Å². The third-order valence-corrected chi connectivity index (χ3v) is 4.27. The molecule has 1 heteroatoms. The van der Waals surface area contributed by atoms with Crippen molar-refractivity contribution in [3.05, 3.63) is 0 Å². The van der Waals surface area contributed by atoms with Crippen molar-refractivity contribution in [3.63, 3.8) is 0 Å². The maximum Gasteiger partial charge on any atom is 0.0179 e. The van der Waals surface area contributed by atoms with Crippen LogP contribution in [0.15, 0.2) is 0 Å². The average molecular weight is 225 g/mol. The van der Waals surface area contributed by atoms with E-state index in [0.29, 0.717) is 5.54 Å². The first kappa shape index (κ1) is 14.0. The average Bonchev–Trinajstić information content (AvgIpc) is 2.77. The van der Waals surface area contributed by atoms with E-state index in [0.717, 1.165) is 0 Å². The van der Waals surface area contributed by atoms with Crippen LogP contribution in [0.4, 0.5) is 0 Å². The summed E-state index contributed by atoms with van der Waals surface area (Å²) in [5, 5.41) is 3.73. The highest BCUT2D eigenvalue weighted by Gasteiger charge is 2.30. The Bertz CT molecular complexity index is 159. The van der Waals surface area contributed by atoms with E-state index in [4.69, 9.17) is 0 Å². The topological polar surface area (TPSA) is 12.0 Å². The molecule has 16 heavy (non-hydrogen) atoms. The first-order chi connectivity index (χ1) is 7.83. The fourth-order valence-corrected chi connectivity index (χ4v) is 2.98. The van der Waals surface area contributed by atoms with E-state index in [9.17, 15) is 0 Å². The Morgan fingerprint density at radius 1 is 0.938 bits per heavy atom. The molecule has 0 aromatic carbocycles. The van der Waals surface area contributed by atoms with Gasteiger partial charge in [-0.3, -0.25) is 0 Å². The van der Waals surface area contributed by atoms with Gasteiger partial charge in [-0.1, -0.05) is 58.8 Å². The molecule has 0 amide bonds. The summed E-state index contributed by atoms with van der Waals surface area (Å²) in [5.74, 6) is 0. The molecule has 0 saturated carbocycles. The van der Waals surface area contributed by atoms with Gasteiger partial charge in [-0.15, -0.1) is 0 Å². The molecular formula is C15H31N. The van der Waals surface area contributed by atoms with Gasteiger partial charge in [-0.05, 0) is 32.2 Å². The number of hydrogen-bond donors (Lipinski definition) is 1. The number of unbranched alkanes of at least 4 members (excludes halogenated alkanes) is 6.